The van der Waals surface area contributed by atoms with E-state index in [2.05, 4.69) is 25.4 Å². The Labute approximate surface area is 69.7 Å². The molecule has 1 saturated heterocycles. The Morgan fingerprint density at radius 3 is 2.00 bits per heavy atom. The Morgan fingerprint density at radius 1 is 1.45 bits per heavy atom. The molecule has 1 aliphatic rings. The standard InChI is InChI=1S/C5H9NO.C2H6.C2H4/c1-4-2-5(7)6-3-4;2*1-2/h4H,2-3H2,1H3,(H,6,7);1-2H3;1-2H2. The van der Waals surface area contributed by atoms with E-state index in [1.807, 2.05) is 13.8 Å². The van der Waals surface area contributed by atoms with E-state index in [0.29, 0.717) is 5.92 Å². The molecule has 11 heavy (non-hydrogen) atoms. The van der Waals surface area contributed by atoms with E-state index in [4.69, 9.17) is 0 Å². The van der Waals surface area contributed by atoms with Crippen LogP contribution in [0.3, 0.4) is 0 Å². The Morgan fingerprint density at radius 2 is 1.91 bits per heavy atom. The Balaban J connectivity index is 0. The van der Waals surface area contributed by atoms with Crippen molar-refractivity contribution in [1.29, 1.82) is 0 Å². The summed E-state index contributed by atoms with van der Waals surface area (Å²) in [4.78, 5) is 10.3. The lowest BCUT2D eigenvalue weighted by Crippen LogP contribution is -2.13. The van der Waals surface area contributed by atoms with Gasteiger partial charge in [-0.1, -0.05) is 20.8 Å². The van der Waals surface area contributed by atoms with Gasteiger partial charge >= 0.3 is 0 Å². The van der Waals surface area contributed by atoms with Crippen molar-refractivity contribution < 1.29 is 4.79 Å². The molecule has 0 aliphatic carbocycles. The summed E-state index contributed by atoms with van der Waals surface area (Å²) in [6, 6.07) is 0. The summed E-state index contributed by atoms with van der Waals surface area (Å²) in [6.07, 6.45) is 0.722. The Hall–Kier alpha value is -0.790. The molecule has 1 amide bonds. The fourth-order valence-corrected chi connectivity index (χ4v) is 0.749. The number of hydrogen-bond donors (Lipinski definition) is 1. The van der Waals surface area contributed by atoms with Gasteiger partial charge < -0.3 is 5.32 Å². The molecule has 0 saturated carbocycles. The molecular weight excluding hydrogens is 138 g/mol. The molecule has 66 valence electrons. The van der Waals surface area contributed by atoms with Crippen LogP contribution in [0.4, 0.5) is 0 Å². The van der Waals surface area contributed by atoms with E-state index in [0.717, 1.165) is 13.0 Å². The third-order valence-corrected chi connectivity index (χ3v) is 1.18. The van der Waals surface area contributed by atoms with Gasteiger partial charge in [-0.05, 0) is 5.92 Å². The number of hydrogen-bond acceptors (Lipinski definition) is 1. The molecule has 2 heteroatoms. The van der Waals surface area contributed by atoms with Crippen molar-refractivity contribution in [2.75, 3.05) is 6.54 Å². The van der Waals surface area contributed by atoms with Crippen molar-refractivity contribution >= 4 is 5.91 Å². The van der Waals surface area contributed by atoms with Crippen molar-refractivity contribution in [3.05, 3.63) is 13.2 Å². The predicted molar refractivity (Wildman–Crippen MR) is 49.4 cm³/mol. The van der Waals surface area contributed by atoms with Gasteiger partial charge in [-0.25, -0.2) is 0 Å². The maximum Gasteiger partial charge on any atom is 0.220 e. The average molecular weight is 157 g/mol. The van der Waals surface area contributed by atoms with E-state index in [-0.39, 0.29) is 5.91 Å². The van der Waals surface area contributed by atoms with E-state index >= 15 is 0 Å². The zero-order valence-corrected chi connectivity index (χ0v) is 7.81. The van der Waals surface area contributed by atoms with Crippen LogP contribution in [-0.2, 0) is 4.79 Å². The van der Waals surface area contributed by atoms with Crippen LogP contribution in [0.15, 0.2) is 13.2 Å². The SMILES string of the molecule is C=C.CC.CC1CNC(=O)C1. The minimum atomic E-state index is 0.201. The van der Waals surface area contributed by atoms with E-state index < -0.39 is 0 Å². The Bertz CT molecular complexity index is 102. The smallest absolute Gasteiger partial charge is 0.220 e. The molecule has 1 N–H and O–H groups in total. The molecular formula is C9H19NO. The van der Waals surface area contributed by atoms with Crippen molar-refractivity contribution in [1.82, 2.24) is 5.32 Å². The van der Waals surface area contributed by atoms with Crippen molar-refractivity contribution in [3.8, 4) is 0 Å². The molecule has 0 aromatic carbocycles. The quantitative estimate of drug-likeness (QED) is 0.535. The minimum absolute atomic E-state index is 0.201. The predicted octanol–water partition coefficient (Wildman–Crippen LogP) is 1.97. The third-order valence-electron chi connectivity index (χ3n) is 1.18. The van der Waals surface area contributed by atoms with Gasteiger partial charge in [-0.3, -0.25) is 4.79 Å². The maximum atomic E-state index is 10.3. The molecule has 0 radical (unpaired) electrons. The van der Waals surface area contributed by atoms with Crippen LogP contribution in [0.5, 0.6) is 0 Å². The summed E-state index contributed by atoms with van der Waals surface area (Å²) in [6.45, 7) is 12.9. The monoisotopic (exact) mass is 157 g/mol. The lowest BCUT2D eigenvalue weighted by Gasteiger charge is -1.88. The first-order valence-corrected chi connectivity index (χ1v) is 4.06. The van der Waals surface area contributed by atoms with Crippen LogP contribution < -0.4 is 5.32 Å². The van der Waals surface area contributed by atoms with E-state index in [1.165, 1.54) is 0 Å². The summed E-state index contributed by atoms with van der Waals surface area (Å²) >= 11 is 0. The van der Waals surface area contributed by atoms with Gasteiger partial charge in [-0.15, -0.1) is 13.2 Å². The van der Waals surface area contributed by atoms with Gasteiger partial charge in [0.1, 0.15) is 0 Å². The summed E-state index contributed by atoms with van der Waals surface area (Å²) in [5.41, 5.74) is 0. The molecule has 1 aliphatic heterocycles. The molecule has 2 nitrogen and oxygen atoms in total. The fourth-order valence-electron chi connectivity index (χ4n) is 0.749. The van der Waals surface area contributed by atoms with Crippen LogP contribution in [0.2, 0.25) is 0 Å². The summed E-state index contributed by atoms with van der Waals surface area (Å²) in [5.74, 6) is 0.764. The van der Waals surface area contributed by atoms with Crippen molar-refractivity contribution in [3.63, 3.8) is 0 Å². The molecule has 0 aromatic rings. The van der Waals surface area contributed by atoms with Gasteiger partial charge in [0.15, 0.2) is 0 Å². The highest BCUT2D eigenvalue weighted by atomic mass is 16.1. The molecule has 1 unspecified atom stereocenters. The van der Waals surface area contributed by atoms with E-state index in [1.54, 1.807) is 0 Å². The van der Waals surface area contributed by atoms with Gasteiger partial charge in [0.2, 0.25) is 5.91 Å². The number of carbonyl (C=O) groups excluding carboxylic acids is 1. The lowest BCUT2D eigenvalue weighted by molar-refractivity contribution is -0.119. The fraction of sp³-hybridized carbons (Fsp3) is 0.667. The molecule has 0 spiro atoms. The van der Waals surface area contributed by atoms with Crippen molar-refractivity contribution in [2.24, 2.45) is 5.92 Å². The highest BCUT2D eigenvalue weighted by molar-refractivity contribution is 5.78. The second-order valence-electron chi connectivity index (χ2n) is 2.11. The second-order valence-corrected chi connectivity index (χ2v) is 2.11. The zero-order chi connectivity index (χ0) is 9.28. The van der Waals surface area contributed by atoms with Gasteiger partial charge in [0.05, 0.1) is 0 Å². The maximum absolute atomic E-state index is 10.3. The summed E-state index contributed by atoms with van der Waals surface area (Å²) in [5, 5.41) is 2.73. The van der Waals surface area contributed by atoms with E-state index in [9.17, 15) is 4.79 Å². The highest BCUT2D eigenvalue weighted by Gasteiger charge is 2.15. The summed E-state index contributed by atoms with van der Waals surface area (Å²) in [7, 11) is 0. The third kappa shape index (κ3) is 7.10. The van der Waals surface area contributed by atoms with Gasteiger partial charge in [0, 0.05) is 13.0 Å². The second kappa shape index (κ2) is 9.21. The van der Waals surface area contributed by atoms with Crippen LogP contribution in [0.1, 0.15) is 27.2 Å². The first-order chi connectivity index (χ1) is 5.29. The number of rotatable bonds is 0. The van der Waals surface area contributed by atoms with Crippen molar-refractivity contribution in [2.45, 2.75) is 27.2 Å². The number of carbonyl (C=O) groups is 1. The van der Waals surface area contributed by atoms with Crippen LogP contribution in [0.25, 0.3) is 0 Å². The molecule has 1 rings (SSSR count). The zero-order valence-electron chi connectivity index (χ0n) is 7.81. The summed E-state index contributed by atoms with van der Waals surface area (Å²) < 4.78 is 0. The molecule has 0 bridgehead atoms. The minimum Gasteiger partial charge on any atom is -0.356 e. The molecule has 1 heterocycles. The molecule has 1 fully saturated rings. The Kier molecular flexibility index (Phi) is 10.8. The highest BCUT2D eigenvalue weighted by Crippen LogP contribution is 2.05. The number of nitrogens with one attached hydrogen (secondary N) is 1. The molecule has 1 atom stereocenters. The van der Waals surface area contributed by atoms with Crippen LogP contribution in [-0.4, -0.2) is 12.5 Å². The average Bonchev–Trinajstić information content (AvgIpc) is 2.43. The first kappa shape index (κ1) is 12.8. The van der Waals surface area contributed by atoms with Gasteiger partial charge in [0.25, 0.3) is 0 Å². The number of amides is 1. The molecule has 0 aromatic heterocycles. The van der Waals surface area contributed by atoms with Crippen LogP contribution >= 0.6 is 0 Å². The topological polar surface area (TPSA) is 29.1 Å². The lowest BCUT2D eigenvalue weighted by atomic mass is 10.2. The van der Waals surface area contributed by atoms with Crippen LogP contribution in [0, 0.1) is 5.92 Å². The first-order valence-electron chi connectivity index (χ1n) is 4.06. The normalized spacial score (nSPS) is 20.3. The van der Waals surface area contributed by atoms with Gasteiger partial charge in [-0.2, -0.15) is 0 Å². The largest absolute Gasteiger partial charge is 0.356 e.